The van der Waals surface area contributed by atoms with Gasteiger partial charge in [-0.2, -0.15) is 9.80 Å². The van der Waals surface area contributed by atoms with Crippen LogP contribution in [0, 0.1) is 5.21 Å². The highest BCUT2D eigenvalue weighted by atomic mass is 16.7. The summed E-state index contributed by atoms with van der Waals surface area (Å²) in [5, 5.41) is 23.9. The van der Waals surface area contributed by atoms with Crippen molar-refractivity contribution in [3.05, 3.63) is 76.5 Å². The summed E-state index contributed by atoms with van der Waals surface area (Å²) in [6, 6.07) is 14.8. The van der Waals surface area contributed by atoms with Gasteiger partial charge >= 0.3 is 12.0 Å². The first-order chi connectivity index (χ1) is 16.4. The molecule has 0 spiro atoms. The Labute approximate surface area is 196 Å². The fourth-order valence-electron chi connectivity index (χ4n) is 4.34. The van der Waals surface area contributed by atoms with Crippen molar-refractivity contribution in [1.29, 1.82) is 0 Å². The summed E-state index contributed by atoms with van der Waals surface area (Å²) >= 11 is 0. The van der Waals surface area contributed by atoms with Crippen LogP contribution in [0.1, 0.15) is 58.4 Å². The maximum absolute atomic E-state index is 13.2. The number of carbonyl (C=O) groups excluding carboxylic acids is 3. The number of nitrogens with zero attached hydrogens (tertiary/aromatic N) is 3. The van der Waals surface area contributed by atoms with Crippen molar-refractivity contribution in [2.75, 3.05) is 6.61 Å². The van der Waals surface area contributed by atoms with Crippen LogP contribution < -0.4 is 0 Å². The smallest absolute Gasteiger partial charge is 0.543 e. The number of hydrogen-bond acceptors (Lipinski definition) is 7. The summed E-state index contributed by atoms with van der Waals surface area (Å²) in [5.74, 6) is -2.75. The van der Waals surface area contributed by atoms with E-state index >= 15 is 0 Å². The fraction of sp³-hybridized carbons (Fsp3) is 0.333. The van der Waals surface area contributed by atoms with E-state index < -0.39 is 34.6 Å². The van der Waals surface area contributed by atoms with Gasteiger partial charge in [-0.3, -0.25) is 9.59 Å². The number of quaternary nitrogens is 1. The number of ether oxygens (including phenoxy) is 1. The number of unbranched alkanes of at least 4 members (excludes halogenated alkanes) is 2. The summed E-state index contributed by atoms with van der Waals surface area (Å²) < 4.78 is 3.24. The van der Waals surface area contributed by atoms with Crippen molar-refractivity contribution < 1.29 is 33.8 Å². The van der Waals surface area contributed by atoms with Crippen molar-refractivity contribution in [3.63, 3.8) is 0 Å². The molecule has 2 aromatic rings. The van der Waals surface area contributed by atoms with Gasteiger partial charge in [-0.05, 0) is 35.7 Å². The first-order valence-electron chi connectivity index (χ1n) is 11.1. The molecule has 10 heteroatoms. The number of amides is 4. The lowest BCUT2D eigenvalue weighted by molar-refractivity contribution is -0.873. The standard InChI is InChI=1S/C24H25N3O7/c28-21-15-18(11-5-2-8-14-34-16-17-9-3-1-4-10-17)26(27(21,33)24(31)32)25-22(29)19-12-6-7-13-20(19)23(25)30/h1,3-4,6-7,9-10,12-13,18H,2,5,8,11,14-16H2,(H,31,32). The molecule has 178 valence electrons. The Hall–Kier alpha value is -3.44. The molecule has 1 fully saturated rings. The molecule has 0 radical (unpaired) electrons. The number of carboxylic acid groups (broad SMARTS) is 1. The normalized spacial score (nSPS) is 22.4. The summed E-state index contributed by atoms with van der Waals surface area (Å²) in [6.45, 7) is 1.03. The zero-order chi connectivity index (χ0) is 24.3. The number of hydrazine groups is 1. The van der Waals surface area contributed by atoms with Crippen LogP contribution in [0.25, 0.3) is 0 Å². The molecule has 10 nitrogen and oxygen atoms in total. The van der Waals surface area contributed by atoms with E-state index in [9.17, 15) is 29.5 Å². The van der Waals surface area contributed by atoms with Crippen molar-refractivity contribution in [3.8, 4) is 0 Å². The van der Waals surface area contributed by atoms with Gasteiger partial charge < -0.3 is 15.1 Å². The summed E-state index contributed by atoms with van der Waals surface area (Å²) in [6.07, 6.45) is -0.0797. The first kappa shape index (κ1) is 23.7. The highest BCUT2D eigenvalue weighted by molar-refractivity contribution is 6.21. The lowest BCUT2D eigenvalue weighted by atomic mass is 10.1. The van der Waals surface area contributed by atoms with Crippen LogP contribution in [0.2, 0.25) is 0 Å². The molecule has 0 saturated carbocycles. The molecule has 0 aliphatic carbocycles. The summed E-state index contributed by atoms with van der Waals surface area (Å²) in [5.41, 5.74) is 1.21. The molecule has 2 aliphatic heterocycles. The van der Waals surface area contributed by atoms with Gasteiger partial charge in [-0.25, -0.2) is 4.79 Å². The Balaban J connectivity index is 1.39. The third kappa shape index (κ3) is 4.24. The predicted molar refractivity (Wildman–Crippen MR) is 118 cm³/mol. The van der Waals surface area contributed by atoms with Gasteiger partial charge in [0, 0.05) is 6.61 Å². The highest BCUT2D eigenvalue weighted by Crippen LogP contribution is 2.36. The number of fused-ring (bicyclic) bond motifs is 1. The van der Waals surface area contributed by atoms with Crippen molar-refractivity contribution in [2.24, 2.45) is 0 Å². The minimum atomic E-state index is -2.41. The van der Waals surface area contributed by atoms with E-state index in [0.717, 1.165) is 12.0 Å². The summed E-state index contributed by atoms with van der Waals surface area (Å²) in [7, 11) is 0. The van der Waals surface area contributed by atoms with Gasteiger partial charge in [0.1, 0.15) is 0 Å². The molecule has 2 atom stereocenters. The Kier molecular flexibility index (Phi) is 6.85. The third-order valence-corrected chi connectivity index (χ3v) is 6.04. The second kappa shape index (κ2) is 9.82. The average Bonchev–Trinajstić information content (AvgIpc) is 3.24. The molecular weight excluding hydrogens is 442 g/mol. The highest BCUT2D eigenvalue weighted by Gasteiger charge is 2.60. The first-order valence-corrected chi connectivity index (χ1v) is 11.1. The SMILES string of the molecule is O=C1c2ccccc2C(=O)N1N1C(CCCCCOCc2ccccc2)CC(=O)[N+]1([O-])C(=O)O. The predicted octanol–water partition coefficient (Wildman–Crippen LogP) is 3.48. The van der Waals surface area contributed by atoms with Crippen LogP contribution in [-0.2, 0) is 16.1 Å². The van der Waals surface area contributed by atoms with Gasteiger partial charge in [0.25, 0.3) is 11.8 Å². The largest absolute Gasteiger partial charge is 0.592 e. The Morgan fingerprint density at radius 3 is 2.21 bits per heavy atom. The van der Waals surface area contributed by atoms with Crippen LogP contribution in [0.5, 0.6) is 0 Å². The van der Waals surface area contributed by atoms with Gasteiger partial charge in [0.05, 0.1) is 30.2 Å². The third-order valence-electron chi connectivity index (χ3n) is 6.04. The van der Waals surface area contributed by atoms with Crippen molar-refractivity contribution in [2.45, 2.75) is 44.8 Å². The Morgan fingerprint density at radius 2 is 1.59 bits per heavy atom. The molecule has 1 N–H and O–H groups in total. The van der Waals surface area contributed by atoms with Gasteiger partial charge in [0.2, 0.25) is 0 Å². The number of imide groups is 2. The minimum absolute atomic E-state index is 0.0677. The molecule has 4 amide bonds. The molecule has 34 heavy (non-hydrogen) atoms. The van der Waals surface area contributed by atoms with E-state index in [0.29, 0.717) is 36.2 Å². The Morgan fingerprint density at radius 1 is 0.971 bits per heavy atom. The van der Waals surface area contributed by atoms with Gasteiger partial charge in [-0.15, -0.1) is 0 Å². The zero-order valence-corrected chi connectivity index (χ0v) is 18.5. The number of rotatable bonds is 9. The second-order valence-corrected chi connectivity index (χ2v) is 8.29. The molecular formula is C24H25N3O7. The fourth-order valence-corrected chi connectivity index (χ4v) is 4.34. The maximum Gasteiger partial charge on any atom is 0.543 e. The molecule has 1 saturated heterocycles. The lowest BCUT2D eigenvalue weighted by Gasteiger charge is -2.40. The van der Waals surface area contributed by atoms with E-state index in [1.165, 1.54) is 12.1 Å². The molecule has 2 aromatic carbocycles. The number of hydrogen-bond donors (Lipinski definition) is 1. The van der Waals surface area contributed by atoms with Crippen LogP contribution in [0.4, 0.5) is 4.79 Å². The molecule has 4 rings (SSSR count). The molecule has 2 aliphatic rings. The average molecular weight is 467 g/mol. The van der Waals surface area contributed by atoms with Crippen LogP contribution >= 0.6 is 0 Å². The number of hydroxylamine groups is 2. The van der Waals surface area contributed by atoms with Crippen LogP contribution in [-0.4, -0.2) is 56.5 Å². The topological polar surface area (TPSA) is 127 Å². The van der Waals surface area contributed by atoms with Crippen molar-refractivity contribution in [1.82, 2.24) is 10.1 Å². The molecule has 2 unspecified atom stereocenters. The molecule has 2 heterocycles. The van der Waals surface area contributed by atoms with Gasteiger partial charge in [0.15, 0.2) is 0 Å². The summed E-state index contributed by atoms with van der Waals surface area (Å²) in [4.78, 5) is 50.1. The van der Waals surface area contributed by atoms with E-state index in [1.807, 2.05) is 30.3 Å². The van der Waals surface area contributed by atoms with E-state index in [2.05, 4.69) is 0 Å². The minimum Gasteiger partial charge on any atom is -0.592 e. The van der Waals surface area contributed by atoms with Gasteiger partial charge in [-0.1, -0.05) is 60.1 Å². The zero-order valence-electron chi connectivity index (χ0n) is 18.5. The number of benzene rings is 2. The second-order valence-electron chi connectivity index (χ2n) is 8.29. The quantitative estimate of drug-likeness (QED) is 0.257. The molecule has 0 bridgehead atoms. The van der Waals surface area contributed by atoms with E-state index in [-0.39, 0.29) is 24.0 Å². The van der Waals surface area contributed by atoms with E-state index in [4.69, 9.17) is 4.74 Å². The monoisotopic (exact) mass is 467 g/mol. The van der Waals surface area contributed by atoms with Crippen LogP contribution in [0.15, 0.2) is 54.6 Å². The van der Waals surface area contributed by atoms with E-state index in [1.54, 1.807) is 12.1 Å². The lowest BCUT2D eigenvalue weighted by Crippen LogP contribution is -2.66. The number of carbonyl (C=O) groups is 4. The van der Waals surface area contributed by atoms with Crippen molar-refractivity contribution >= 4 is 23.8 Å². The molecule has 0 aromatic heterocycles. The van der Waals surface area contributed by atoms with Crippen LogP contribution in [0.3, 0.4) is 0 Å². The Bertz CT molecular complexity index is 1070. The maximum atomic E-state index is 13.2.